The number of benzene rings is 1. The van der Waals surface area contributed by atoms with Crippen LogP contribution in [0.25, 0.3) is 0 Å². The van der Waals surface area contributed by atoms with Crippen molar-refractivity contribution in [3.05, 3.63) is 47.5 Å². The Morgan fingerprint density at radius 1 is 1.40 bits per heavy atom. The Hall–Kier alpha value is -1.68. The molecule has 0 spiro atoms. The predicted octanol–water partition coefficient (Wildman–Crippen LogP) is 3.08. The van der Waals surface area contributed by atoms with Crippen molar-refractivity contribution in [3.8, 4) is 0 Å². The van der Waals surface area contributed by atoms with E-state index in [0.29, 0.717) is 11.4 Å². The van der Waals surface area contributed by atoms with E-state index < -0.39 is 0 Å². The largest absolute Gasteiger partial charge is 0.297 e. The Morgan fingerprint density at radius 2 is 2.10 bits per heavy atom. The molecule has 0 aliphatic heterocycles. The van der Waals surface area contributed by atoms with Gasteiger partial charge in [-0.1, -0.05) is 30.7 Å². The predicted molar refractivity (Wildman–Crippen MR) is 76.6 cm³/mol. The van der Waals surface area contributed by atoms with Gasteiger partial charge in [0.05, 0.1) is 0 Å². The van der Waals surface area contributed by atoms with Gasteiger partial charge in [-0.3, -0.25) is 4.79 Å². The highest BCUT2D eigenvalue weighted by atomic mass is 35.5. The molecule has 1 aromatic carbocycles. The number of rotatable bonds is 5. The highest BCUT2D eigenvalue weighted by Gasteiger charge is 2.48. The third kappa shape index (κ3) is 2.61. The molecule has 1 heterocycles. The minimum Gasteiger partial charge on any atom is -0.297 e. The minimum absolute atomic E-state index is 0.178. The van der Waals surface area contributed by atoms with Gasteiger partial charge in [-0.2, -0.15) is 5.10 Å². The smallest absolute Gasteiger partial charge is 0.163 e. The number of carbonyl (C=O) groups is 1. The van der Waals surface area contributed by atoms with Gasteiger partial charge in [-0.05, 0) is 30.5 Å². The zero-order valence-electron chi connectivity index (χ0n) is 11.3. The molecule has 5 heteroatoms. The Balaban J connectivity index is 1.86. The second kappa shape index (κ2) is 5.02. The Bertz CT molecular complexity index is 603. The molecular formula is C15H16ClN3O. The third-order valence-corrected chi connectivity index (χ3v) is 4.25. The summed E-state index contributed by atoms with van der Waals surface area (Å²) in [4.78, 5) is 16.6. The molecule has 2 aromatic rings. The van der Waals surface area contributed by atoms with E-state index in [2.05, 4.69) is 10.1 Å². The summed E-state index contributed by atoms with van der Waals surface area (Å²) in [5.74, 6) is 0.248. The first-order valence-corrected chi connectivity index (χ1v) is 7.09. The topological polar surface area (TPSA) is 47.8 Å². The van der Waals surface area contributed by atoms with E-state index >= 15 is 0 Å². The van der Waals surface area contributed by atoms with Gasteiger partial charge in [0, 0.05) is 16.9 Å². The van der Waals surface area contributed by atoms with Crippen molar-refractivity contribution >= 4 is 17.4 Å². The molecule has 0 N–H and O–H groups in total. The van der Waals surface area contributed by atoms with Crippen molar-refractivity contribution in [2.24, 2.45) is 5.41 Å². The van der Waals surface area contributed by atoms with Crippen LogP contribution in [0.1, 0.15) is 31.4 Å². The summed E-state index contributed by atoms with van der Waals surface area (Å²) in [5, 5.41) is 4.85. The van der Waals surface area contributed by atoms with Crippen LogP contribution in [0.4, 0.5) is 0 Å². The molecule has 0 radical (unpaired) electrons. The van der Waals surface area contributed by atoms with Crippen LogP contribution in [-0.2, 0) is 11.2 Å². The van der Waals surface area contributed by atoms with Gasteiger partial charge < -0.3 is 0 Å². The fraction of sp³-hybridized carbons (Fsp3) is 0.400. The zero-order valence-corrected chi connectivity index (χ0v) is 12.0. The van der Waals surface area contributed by atoms with Gasteiger partial charge in [0.1, 0.15) is 18.7 Å². The first kappa shape index (κ1) is 13.3. The molecule has 4 nitrogen and oxygen atoms in total. The highest BCUT2D eigenvalue weighted by Crippen LogP contribution is 2.48. The maximum Gasteiger partial charge on any atom is 0.163 e. The van der Waals surface area contributed by atoms with Crippen molar-refractivity contribution in [2.45, 2.75) is 32.2 Å². The Kier molecular flexibility index (Phi) is 3.34. The summed E-state index contributed by atoms with van der Waals surface area (Å²) in [6, 6.07) is 7.31. The van der Waals surface area contributed by atoms with Crippen LogP contribution in [0, 0.1) is 5.41 Å². The SMILES string of the molecule is CC1(C(=O)C(Cc2ccc(Cl)cc2)n2cncn2)CC1. The van der Waals surface area contributed by atoms with Gasteiger partial charge >= 0.3 is 0 Å². The quantitative estimate of drug-likeness (QED) is 0.850. The molecule has 1 fully saturated rings. The second-order valence-corrected chi connectivity index (χ2v) is 6.08. The Morgan fingerprint density at radius 3 is 2.65 bits per heavy atom. The van der Waals surface area contributed by atoms with Crippen LogP contribution in [0.5, 0.6) is 0 Å². The van der Waals surface area contributed by atoms with Crippen LogP contribution >= 0.6 is 11.6 Å². The number of hydrogen-bond acceptors (Lipinski definition) is 3. The van der Waals surface area contributed by atoms with Gasteiger partial charge in [0.25, 0.3) is 0 Å². The summed E-state index contributed by atoms with van der Waals surface area (Å²) < 4.78 is 1.67. The van der Waals surface area contributed by atoms with E-state index in [0.717, 1.165) is 18.4 Å². The van der Waals surface area contributed by atoms with Crippen LogP contribution < -0.4 is 0 Å². The van der Waals surface area contributed by atoms with Crippen molar-refractivity contribution in [1.29, 1.82) is 0 Å². The van der Waals surface area contributed by atoms with Crippen molar-refractivity contribution < 1.29 is 4.79 Å². The van der Waals surface area contributed by atoms with Crippen molar-refractivity contribution in [2.75, 3.05) is 0 Å². The molecular weight excluding hydrogens is 274 g/mol. The fourth-order valence-electron chi connectivity index (χ4n) is 2.36. The maximum atomic E-state index is 12.7. The molecule has 1 aliphatic carbocycles. The van der Waals surface area contributed by atoms with Crippen LogP contribution in [0.15, 0.2) is 36.9 Å². The summed E-state index contributed by atoms with van der Waals surface area (Å²) in [6.07, 6.45) is 5.64. The monoisotopic (exact) mass is 289 g/mol. The maximum absolute atomic E-state index is 12.7. The molecule has 104 valence electrons. The molecule has 3 rings (SSSR count). The molecule has 0 amide bonds. The first-order chi connectivity index (χ1) is 9.58. The fourth-order valence-corrected chi connectivity index (χ4v) is 2.49. The average molecular weight is 290 g/mol. The van der Waals surface area contributed by atoms with E-state index in [1.54, 1.807) is 11.0 Å². The number of carbonyl (C=O) groups excluding carboxylic acids is 1. The van der Waals surface area contributed by atoms with Crippen LogP contribution in [0.2, 0.25) is 5.02 Å². The standard InChI is InChI=1S/C15H16ClN3O/c1-15(6-7-15)14(20)13(19-10-17-9-18-19)8-11-2-4-12(16)5-3-11/h2-5,9-10,13H,6-8H2,1H3. The van der Waals surface area contributed by atoms with Gasteiger partial charge in [-0.15, -0.1) is 0 Å². The highest BCUT2D eigenvalue weighted by molar-refractivity contribution is 6.30. The number of hydrogen-bond donors (Lipinski definition) is 0. The number of aromatic nitrogens is 3. The average Bonchev–Trinajstić information content (AvgIpc) is 2.99. The number of ketones is 1. The molecule has 0 saturated heterocycles. The van der Waals surface area contributed by atoms with Crippen molar-refractivity contribution in [3.63, 3.8) is 0 Å². The minimum atomic E-state index is -0.286. The van der Waals surface area contributed by atoms with E-state index in [1.165, 1.54) is 6.33 Å². The van der Waals surface area contributed by atoms with Gasteiger partial charge in [0.15, 0.2) is 5.78 Å². The molecule has 1 aliphatic rings. The summed E-state index contributed by atoms with van der Waals surface area (Å²) in [5.41, 5.74) is 0.899. The van der Waals surface area contributed by atoms with E-state index in [1.807, 2.05) is 31.2 Å². The normalized spacial score (nSPS) is 17.7. The molecule has 20 heavy (non-hydrogen) atoms. The van der Waals surface area contributed by atoms with Crippen LogP contribution in [-0.4, -0.2) is 20.5 Å². The van der Waals surface area contributed by atoms with Crippen LogP contribution in [0.3, 0.4) is 0 Å². The van der Waals surface area contributed by atoms with E-state index in [4.69, 9.17) is 11.6 Å². The lowest BCUT2D eigenvalue weighted by molar-refractivity contribution is -0.127. The van der Waals surface area contributed by atoms with Gasteiger partial charge in [-0.25, -0.2) is 9.67 Å². The van der Waals surface area contributed by atoms with Gasteiger partial charge in [0.2, 0.25) is 0 Å². The molecule has 0 bridgehead atoms. The number of Topliss-reactive ketones (excluding diaryl/α,β-unsaturated/α-hetero) is 1. The van der Waals surface area contributed by atoms with E-state index in [9.17, 15) is 4.79 Å². The Labute approximate surface area is 122 Å². The lowest BCUT2D eigenvalue weighted by Gasteiger charge is -2.19. The molecule has 1 saturated carbocycles. The van der Waals surface area contributed by atoms with E-state index in [-0.39, 0.29) is 17.2 Å². The summed E-state index contributed by atoms with van der Waals surface area (Å²) in [7, 11) is 0. The second-order valence-electron chi connectivity index (χ2n) is 5.65. The number of halogens is 1. The lowest BCUT2D eigenvalue weighted by atomic mass is 9.92. The summed E-state index contributed by atoms with van der Waals surface area (Å²) in [6.45, 7) is 2.03. The molecule has 1 unspecified atom stereocenters. The number of nitrogens with zero attached hydrogens (tertiary/aromatic N) is 3. The lowest BCUT2D eigenvalue weighted by Crippen LogP contribution is -2.28. The molecule has 1 aromatic heterocycles. The third-order valence-electron chi connectivity index (χ3n) is 4.00. The summed E-state index contributed by atoms with van der Waals surface area (Å²) >= 11 is 5.90. The first-order valence-electron chi connectivity index (χ1n) is 6.71. The zero-order chi connectivity index (χ0) is 14.2. The van der Waals surface area contributed by atoms with Crippen molar-refractivity contribution in [1.82, 2.24) is 14.8 Å². The molecule has 1 atom stereocenters.